The third-order valence-electron chi connectivity index (χ3n) is 18.0. The lowest BCUT2D eigenvalue weighted by molar-refractivity contribution is 0.659. The van der Waals surface area contributed by atoms with E-state index in [1.54, 1.807) is 0 Å². The van der Waals surface area contributed by atoms with Crippen molar-refractivity contribution >= 4 is 57.3 Å². The van der Waals surface area contributed by atoms with Gasteiger partial charge >= 0.3 is 0 Å². The van der Waals surface area contributed by atoms with Gasteiger partial charge in [-0.05, 0) is 197 Å². The van der Waals surface area contributed by atoms with Crippen molar-refractivity contribution in [2.24, 2.45) is 0 Å². The molecule has 0 aliphatic heterocycles. The summed E-state index contributed by atoms with van der Waals surface area (Å²) >= 11 is 13.3. The summed E-state index contributed by atoms with van der Waals surface area (Å²) in [4.78, 5) is 4.88. The quantitative estimate of drug-likeness (QED) is 0.157. The zero-order valence-corrected chi connectivity index (χ0v) is 45.8. The van der Waals surface area contributed by atoms with E-state index in [2.05, 4.69) is 259 Å². The molecule has 0 amide bonds. The van der Waals surface area contributed by atoms with E-state index in [9.17, 15) is 0 Å². The van der Waals surface area contributed by atoms with E-state index in [4.69, 9.17) is 23.2 Å². The first-order valence-corrected chi connectivity index (χ1v) is 27.5. The minimum absolute atomic E-state index is 0.138. The van der Waals surface area contributed by atoms with Crippen LogP contribution in [-0.4, -0.2) is 0 Å². The highest BCUT2D eigenvalue weighted by atomic mass is 35.5. The number of hydrogen-bond acceptors (Lipinski definition) is 2. The predicted molar refractivity (Wildman–Crippen MR) is 322 cm³/mol. The first-order chi connectivity index (χ1) is 36.5. The second kappa shape index (κ2) is 16.4. The summed E-state index contributed by atoms with van der Waals surface area (Å²) in [5.41, 5.74) is 29.2. The van der Waals surface area contributed by atoms with Crippen LogP contribution in [0.25, 0.3) is 55.6 Å². The highest BCUT2D eigenvalue weighted by molar-refractivity contribution is 6.31. The standard InChI is InChI=1S/C72H58Cl2N2/c1-69(2)61-15-11-9-13-53(61)57-33-27-49(39-65(57)69)75(51-29-35-59-55-31-21-45(73)37-63(55)71(5,6)67(59)41-51)47-23-17-43(18-24-47)44-19-25-48(26-20-44)76(50-28-34-58-54-14-10-12-16-62(54)70(3,4)66(58)40-50)52-30-36-60-56-32-22-46(74)38-64(56)72(7,8)68(60)42-52/h9-42H,1-8H3. The van der Waals surface area contributed by atoms with Gasteiger partial charge in [-0.3, -0.25) is 0 Å². The Labute approximate surface area is 457 Å². The Hall–Kier alpha value is -7.62. The Morgan fingerprint density at radius 1 is 0.237 bits per heavy atom. The van der Waals surface area contributed by atoms with Crippen LogP contribution in [0.2, 0.25) is 10.0 Å². The Morgan fingerprint density at radius 2 is 0.474 bits per heavy atom. The van der Waals surface area contributed by atoms with Gasteiger partial charge in [-0.2, -0.15) is 0 Å². The molecule has 0 heterocycles. The molecule has 0 aromatic heterocycles. The molecule has 0 spiro atoms. The summed E-state index contributed by atoms with van der Waals surface area (Å²) in [6.07, 6.45) is 0. The van der Waals surface area contributed by atoms with Gasteiger partial charge in [0.05, 0.1) is 0 Å². The molecule has 4 aliphatic rings. The lowest BCUT2D eigenvalue weighted by atomic mass is 9.82. The number of halogens is 2. The molecule has 0 radical (unpaired) electrons. The summed E-state index contributed by atoms with van der Waals surface area (Å²) in [6, 6.07) is 76.9. The number of nitrogens with zero attached hydrogens (tertiary/aromatic N) is 2. The van der Waals surface area contributed by atoms with Crippen LogP contribution >= 0.6 is 23.2 Å². The molecule has 0 atom stereocenters. The van der Waals surface area contributed by atoms with Crippen LogP contribution < -0.4 is 9.80 Å². The average molecular weight is 1020 g/mol. The fraction of sp³-hybridized carbons (Fsp3) is 0.167. The molecule has 370 valence electrons. The van der Waals surface area contributed by atoms with Crippen LogP contribution in [0, 0.1) is 0 Å². The van der Waals surface area contributed by atoms with Crippen molar-refractivity contribution in [3.8, 4) is 55.6 Å². The number of hydrogen-bond donors (Lipinski definition) is 0. The zero-order chi connectivity index (χ0) is 52.2. The first-order valence-electron chi connectivity index (χ1n) is 26.7. The summed E-state index contributed by atoms with van der Waals surface area (Å²) in [5.74, 6) is 0. The largest absolute Gasteiger partial charge is 0.310 e. The molecule has 0 unspecified atom stereocenters. The van der Waals surface area contributed by atoms with Gasteiger partial charge in [-0.1, -0.05) is 188 Å². The highest BCUT2D eigenvalue weighted by Gasteiger charge is 2.40. The van der Waals surface area contributed by atoms with Gasteiger partial charge in [-0.15, -0.1) is 0 Å². The van der Waals surface area contributed by atoms with Gasteiger partial charge in [0, 0.05) is 65.8 Å². The minimum Gasteiger partial charge on any atom is -0.310 e. The van der Waals surface area contributed by atoms with Gasteiger partial charge in [0.15, 0.2) is 0 Å². The molecule has 4 heteroatoms. The van der Waals surface area contributed by atoms with Crippen molar-refractivity contribution in [3.05, 3.63) is 261 Å². The summed E-state index contributed by atoms with van der Waals surface area (Å²) in [6.45, 7) is 18.7. The third-order valence-corrected chi connectivity index (χ3v) is 18.5. The molecule has 10 aromatic rings. The molecule has 2 nitrogen and oxygen atoms in total. The maximum atomic E-state index is 6.64. The average Bonchev–Trinajstić information content (AvgIpc) is 4.09. The van der Waals surface area contributed by atoms with Crippen molar-refractivity contribution in [1.82, 2.24) is 0 Å². The fourth-order valence-electron chi connectivity index (χ4n) is 13.8. The topological polar surface area (TPSA) is 6.48 Å². The number of fused-ring (bicyclic) bond motifs is 12. The van der Waals surface area contributed by atoms with Crippen molar-refractivity contribution in [1.29, 1.82) is 0 Å². The van der Waals surface area contributed by atoms with Crippen molar-refractivity contribution in [3.63, 3.8) is 0 Å². The first kappa shape index (κ1) is 46.9. The molecular formula is C72H58Cl2N2. The predicted octanol–water partition coefficient (Wildman–Crippen LogP) is 20.8. The normalized spacial score (nSPS) is 15.7. The second-order valence-electron chi connectivity index (χ2n) is 23.7. The Balaban J connectivity index is 0.852. The molecule has 0 saturated heterocycles. The molecule has 0 N–H and O–H groups in total. The van der Waals surface area contributed by atoms with Crippen LogP contribution in [0.15, 0.2) is 206 Å². The number of rotatable bonds is 7. The molecule has 14 rings (SSSR count). The monoisotopic (exact) mass is 1020 g/mol. The maximum absolute atomic E-state index is 6.64. The van der Waals surface area contributed by atoms with E-state index >= 15 is 0 Å². The van der Waals surface area contributed by atoms with Gasteiger partial charge in [-0.25, -0.2) is 0 Å². The number of benzene rings is 10. The van der Waals surface area contributed by atoms with E-state index in [0.717, 1.165) is 55.3 Å². The summed E-state index contributed by atoms with van der Waals surface area (Å²) in [7, 11) is 0. The zero-order valence-electron chi connectivity index (χ0n) is 44.3. The van der Waals surface area contributed by atoms with Crippen molar-refractivity contribution < 1.29 is 0 Å². The number of anilines is 6. The molecule has 76 heavy (non-hydrogen) atoms. The SMILES string of the molecule is CC1(C)c2ccccc2-c2ccc(N(c3ccc(-c4ccc(N(c5ccc6c(c5)C(C)(C)c5ccccc5-6)c5ccc6c(c5)C(C)(C)c5cc(Cl)ccc5-6)cc4)cc3)c3ccc4c(c3)C(C)(C)c3cc(Cl)ccc3-4)cc21. The summed E-state index contributed by atoms with van der Waals surface area (Å²) < 4.78 is 0. The highest BCUT2D eigenvalue weighted by Crippen LogP contribution is 2.56. The maximum Gasteiger partial charge on any atom is 0.0465 e. The molecule has 0 bridgehead atoms. The summed E-state index contributed by atoms with van der Waals surface area (Å²) in [5, 5.41) is 1.54. The fourth-order valence-corrected chi connectivity index (χ4v) is 14.2. The van der Waals surface area contributed by atoms with Gasteiger partial charge in [0.2, 0.25) is 0 Å². The molecule has 0 saturated carbocycles. The van der Waals surface area contributed by atoms with E-state index in [0.29, 0.717) is 0 Å². The molecular weight excluding hydrogens is 964 g/mol. The van der Waals surface area contributed by atoms with Crippen LogP contribution in [0.4, 0.5) is 34.1 Å². The van der Waals surface area contributed by atoms with Crippen molar-refractivity contribution in [2.45, 2.75) is 77.0 Å². The van der Waals surface area contributed by atoms with E-state index < -0.39 is 0 Å². The van der Waals surface area contributed by atoms with E-state index in [1.165, 1.54) is 89.0 Å². The van der Waals surface area contributed by atoms with E-state index in [-0.39, 0.29) is 21.7 Å². The van der Waals surface area contributed by atoms with Gasteiger partial charge in [0.1, 0.15) is 0 Å². The Bertz CT molecular complexity index is 3810. The minimum atomic E-state index is -0.217. The Morgan fingerprint density at radius 3 is 0.789 bits per heavy atom. The third kappa shape index (κ3) is 6.79. The second-order valence-corrected chi connectivity index (χ2v) is 24.5. The van der Waals surface area contributed by atoms with Crippen LogP contribution in [0.3, 0.4) is 0 Å². The molecule has 10 aromatic carbocycles. The molecule has 4 aliphatic carbocycles. The Kier molecular flexibility index (Phi) is 10.1. The lowest BCUT2D eigenvalue weighted by Crippen LogP contribution is -2.18. The smallest absolute Gasteiger partial charge is 0.0465 e. The van der Waals surface area contributed by atoms with Crippen LogP contribution in [-0.2, 0) is 21.7 Å². The van der Waals surface area contributed by atoms with Gasteiger partial charge < -0.3 is 9.80 Å². The lowest BCUT2D eigenvalue weighted by Gasteiger charge is -2.30. The van der Waals surface area contributed by atoms with E-state index in [1.807, 2.05) is 12.1 Å². The van der Waals surface area contributed by atoms with Crippen LogP contribution in [0.1, 0.15) is 99.9 Å². The van der Waals surface area contributed by atoms with Gasteiger partial charge in [0.25, 0.3) is 0 Å². The van der Waals surface area contributed by atoms with Crippen LogP contribution in [0.5, 0.6) is 0 Å². The van der Waals surface area contributed by atoms with Crippen molar-refractivity contribution in [2.75, 3.05) is 9.80 Å². The molecule has 0 fully saturated rings.